The molecule has 12 rings (SSSR count). The van der Waals surface area contributed by atoms with Crippen molar-refractivity contribution in [3.63, 3.8) is 0 Å². The van der Waals surface area contributed by atoms with Gasteiger partial charge >= 0.3 is 0 Å². The topological polar surface area (TPSA) is 25.6 Å². The molecule has 0 radical (unpaired) electrons. The lowest BCUT2D eigenvalue weighted by Gasteiger charge is -2.41. The van der Waals surface area contributed by atoms with Crippen molar-refractivity contribution in [2.75, 3.05) is 4.90 Å². The maximum absolute atomic E-state index is 7.16. The number of nitrogens with zero attached hydrogens (tertiary/aromatic N) is 1. The first kappa shape index (κ1) is 31.0. The lowest BCUT2D eigenvalue weighted by molar-refractivity contribution is 0.437. The lowest BCUT2D eigenvalue weighted by atomic mass is 9.66. The van der Waals surface area contributed by atoms with Gasteiger partial charge in [0.1, 0.15) is 16.9 Å². The molecule has 10 aromatic rings. The van der Waals surface area contributed by atoms with Crippen molar-refractivity contribution < 1.29 is 9.15 Å². The van der Waals surface area contributed by atoms with Crippen LogP contribution in [0.15, 0.2) is 205 Å². The minimum atomic E-state index is -0.569. The van der Waals surface area contributed by atoms with Crippen molar-refractivity contribution in [2.24, 2.45) is 0 Å². The molecule has 9 aromatic carbocycles. The molecule has 0 amide bonds. The highest BCUT2D eigenvalue weighted by molar-refractivity contribution is 6.15. The van der Waals surface area contributed by atoms with Crippen LogP contribution in [0.2, 0.25) is 0 Å². The zero-order valence-corrected chi connectivity index (χ0v) is 30.3. The number of benzene rings is 9. The van der Waals surface area contributed by atoms with Crippen LogP contribution in [0.4, 0.5) is 17.1 Å². The summed E-state index contributed by atoms with van der Waals surface area (Å²) in [5.41, 5.74) is 13.8. The highest BCUT2D eigenvalue weighted by Crippen LogP contribution is 2.63. The van der Waals surface area contributed by atoms with Crippen LogP contribution < -0.4 is 9.64 Å². The van der Waals surface area contributed by atoms with E-state index in [1.807, 2.05) is 0 Å². The quantitative estimate of drug-likeness (QED) is 0.181. The Morgan fingerprint density at radius 3 is 1.84 bits per heavy atom. The molecule has 0 N–H and O–H groups in total. The zero-order valence-electron chi connectivity index (χ0n) is 30.3. The fourth-order valence-corrected chi connectivity index (χ4v) is 9.53. The van der Waals surface area contributed by atoms with Crippen molar-refractivity contribution in [2.45, 2.75) is 5.41 Å². The summed E-state index contributed by atoms with van der Waals surface area (Å²) in [5.74, 6) is 1.69. The molecule has 0 saturated heterocycles. The van der Waals surface area contributed by atoms with Gasteiger partial charge in [-0.1, -0.05) is 152 Å². The molecule has 2 aliphatic rings. The number of hydrogen-bond acceptors (Lipinski definition) is 3. The molecule has 2 heterocycles. The second kappa shape index (κ2) is 11.8. The van der Waals surface area contributed by atoms with Crippen LogP contribution in [0.25, 0.3) is 55.0 Å². The Labute approximate surface area is 324 Å². The average molecular weight is 716 g/mol. The Morgan fingerprint density at radius 2 is 1.04 bits per heavy atom. The Balaban J connectivity index is 1.12. The van der Waals surface area contributed by atoms with Crippen molar-refractivity contribution in [3.05, 3.63) is 222 Å². The molecule has 3 heteroatoms. The number of para-hydroxylation sites is 2. The van der Waals surface area contributed by atoms with Crippen LogP contribution in [-0.2, 0) is 5.41 Å². The highest BCUT2D eigenvalue weighted by Gasteiger charge is 2.51. The fourth-order valence-electron chi connectivity index (χ4n) is 9.53. The predicted molar refractivity (Wildman–Crippen MR) is 229 cm³/mol. The summed E-state index contributed by atoms with van der Waals surface area (Å²) >= 11 is 0. The van der Waals surface area contributed by atoms with E-state index in [9.17, 15) is 0 Å². The van der Waals surface area contributed by atoms with Gasteiger partial charge in [0.15, 0.2) is 5.75 Å². The van der Waals surface area contributed by atoms with Gasteiger partial charge < -0.3 is 14.1 Å². The third-order valence-electron chi connectivity index (χ3n) is 11.9. The van der Waals surface area contributed by atoms with Crippen LogP contribution >= 0.6 is 0 Å². The molecular formula is C53H33NO2. The predicted octanol–water partition coefficient (Wildman–Crippen LogP) is 14.3. The molecule has 0 saturated carbocycles. The van der Waals surface area contributed by atoms with E-state index >= 15 is 0 Å². The largest absolute Gasteiger partial charge is 0.455 e. The number of furan rings is 1. The van der Waals surface area contributed by atoms with Crippen molar-refractivity contribution >= 4 is 49.8 Å². The Hall–Kier alpha value is -7.36. The molecule has 56 heavy (non-hydrogen) atoms. The van der Waals surface area contributed by atoms with E-state index in [2.05, 4.69) is 205 Å². The minimum absolute atomic E-state index is 0.569. The molecule has 1 aromatic heterocycles. The fraction of sp³-hybridized carbons (Fsp3) is 0.0189. The van der Waals surface area contributed by atoms with E-state index in [0.717, 1.165) is 78.0 Å². The van der Waals surface area contributed by atoms with Crippen molar-refractivity contribution in [1.29, 1.82) is 0 Å². The second-order valence-corrected chi connectivity index (χ2v) is 14.8. The summed E-state index contributed by atoms with van der Waals surface area (Å²) in [6, 6.07) is 71.7. The molecule has 1 aliphatic carbocycles. The highest BCUT2D eigenvalue weighted by atomic mass is 16.5. The SMILES string of the molecule is c1ccc(-c2ccc(N(c3ccc4c(c3)oc3c5ccccc5ccc43)c3cccc4c3Oc3ccccc3C43c4ccccc4-c4ccccc43)cc2)cc1. The molecule has 1 spiro atoms. The Kier molecular flexibility index (Phi) is 6.55. The normalized spacial score (nSPS) is 13.3. The molecule has 262 valence electrons. The third kappa shape index (κ3) is 4.28. The van der Waals surface area contributed by atoms with Gasteiger partial charge in [-0.25, -0.2) is 0 Å². The monoisotopic (exact) mass is 715 g/mol. The van der Waals surface area contributed by atoms with Crippen LogP contribution in [0.3, 0.4) is 0 Å². The molecule has 0 bridgehead atoms. The number of fused-ring (bicyclic) bond motifs is 14. The van der Waals surface area contributed by atoms with Gasteiger partial charge in [-0.05, 0) is 81.2 Å². The Morgan fingerprint density at radius 1 is 0.411 bits per heavy atom. The lowest BCUT2D eigenvalue weighted by Crippen LogP contribution is -2.32. The first-order valence-electron chi connectivity index (χ1n) is 19.2. The van der Waals surface area contributed by atoms with Gasteiger partial charge in [0.25, 0.3) is 0 Å². The number of ether oxygens (including phenoxy) is 1. The van der Waals surface area contributed by atoms with E-state index in [4.69, 9.17) is 9.15 Å². The number of anilines is 3. The molecule has 0 fully saturated rings. The molecule has 1 aliphatic heterocycles. The summed E-state index contributed by atoms with van der Waals surface area (Å²) in [4.78, 5) is 2.33. The Bertz CT molecular complexity index is 3130. The number of rotatable bonds is 4. The molecule has 0 atom stereocenters. The van der Waals surface area contributed by atoms with Gasteiger partial charge in [0.05, 0.1) is 16.8 Å². The van der Waals surface area contributed by atoms with E-state index < -0.39 is 5.41 Å². The standard InChI is InChI=1S/C53H33NO2/c1-2-13-34(14-3-1)35-25-28-37(29-26-35)54(38-30-32-42-43-31-27-36-15-4-5-16-39(36)51(43)56-50(42)33-38)48-23-12-22-47-52(48)55-49-24-11-10-21-46(49)53(47)44-19-8-6-17-40(44)41-18-7-9-20-45(41)53/h1-33H. The van der Waals surface area contributed by atoms with E-state index in [0.29, 0.717) is 0 Å². The minimum Gasteiger partial charge on any atom is -0.455 e. The van der Waals surface area contributed by atoms with Gasteiger partial charge in [-0.15, -0.1) is 0 Å². The van der Waals surface area contributed by atoms with Crippen LogP contribution in [0, 0.1) is 0 Å². The second-order valence-electron chi connectivity index (χ2n) is 14.8. The zero-order chi connectivity index (χ0) is 36.8. The van der Waals surface area contributed by atoms with Crippen molar-refractivity contribution in [3.8, 4) is 33.8 Å². The summed E-state index contributed by atoms with van der Waals surface area (Å²) in [6.45, 7) is 0. The van der Waals surface area contributed by atoms with E-state index in [1.54, 1.807) is 0 Å². The van der Waals surface area contributed by atoms with Crippen molar-refractivity contribution in [1.82, 2.24) is 0 Å². The summed E-state index contributed by atoms with van der Waals surface area (Å²) in [7, 11) is 0. The first-order chi connectivity index (χ1) is 27.8. The van der Waals surface area contributed by atoms with Gasteiger partial charge in [0.2, 0.25) is 0 Å². The molecular weight excluding hydrogens is 683 g/mol. The van der Waals surface area contributed by atoms with Gasteiger partial charge in [0, 0.05) is 39.0 Å². The smallest absolute Gasteiger partial charge is 0.156 e. The maximum atomic E-state index is 7.16. The van der Waals surface area contributed by atoms with Gasteiger partial charge in [-0.2, -0.15) is 0 Å². The van der Waals surface area contributed by atoms with Crippen LogP contribution in [0.1, 0.15) is 22.3 Å². The first-order valence-corrected chi connectivity index (χ1v) is 19.2. The summed E-state index contributed by atoms with van der Waals surface area (Å²) in [6.07, 6.45) is 0. The third-order valence-corrected chi connectivity index (χ3v) is 11.9. The average Bonchev–Trinajstić information content (AvgIpc) is 3.79. The molecule has 3 nitrogen and oxygen atoms in total. The van der Waals surface area contributed by atoms with E-state index in [-0.39, 0.29) is 0 Å². The maximum Gasteiger partial charge on any atom is 0.156 e. The van der Waals surface area contributed by atoms with Gasteiger partial charge in [-0.3, -0.25) is 0 Å². The number of hydrogen-bond donors (Lipinski definition) is 0. The molecule has 0 unspecified atom stereocenters. The summed E-state index contributed by atoms with van der Waals surface area (Å²) in [5, 5.41) is 4.48. The van der Waals surface area contributed by atoms with E-state index in [1.165, 1.54) is 27.8 Å². The summed E-state index contributed by atoms with van der Waals surface area (Å²) < 4.78 is 13.9. The van der Waals surface area contributed by atoms with Crippen LogP contribution in [0.5, 0.6) is 11.5 Å². The van der Waals surface area contributed by atoms with Crippen LogP contribution in [-0.4, -0.2) is 0 Å².